The van der Waals surface area contributed by atoms with Gasteiger partial charge >= 0.3 is 0 Å². The highest BCUT2D eigenvalue weighted by molar-refractivity contribution is 5.36. The molecule has 2 aromatic rings. The van der Waals surface area contributed by atoms with Crippen LogP contribution in [0, 0.1) is 5.92 Å². The average Bonchev–Trinajstić information content (AvgIpc) is 2.94. The Hall–Kier alpha value is -1.64. The van der Waals surface area contributed by atoms with Gasteiger partial charge in [0.2, 0.25) is 0 Å². The van der Waals surface area contributed by atoms with Crippen molar-refractivity contribution in [3.05, 3.63) is 71.8 Å². The van der Waals surface area contributed by atoms with Gasteiger partial charge in [0.25, 0.3) is 0 Å². The lowest BCUT2D eigenvalue weighted by Gasteiger charge is -2.39. The fraction of sp³-hybridized carbons (Fsp3) is 0.455. The Bertz CT molecular complexity index is 590. The molecular formula is C22H29NO. The van der Waals surface area contributed by atoms with Crippen LogP contribution in [0.25, 0.3) is 0 Å². The minimum Gasteiger partial charge on any atom is -0.380 e. The lowest BCUT2D eigenvalue weighted by atomic mass is 9.76. The van der Waals surface area contributed by atoms with Gasteiger partial charge < -0.3 is 5.11 Å². The molecule has 0 spiro atoms. The van der Waals surface area contributed by atoms with Crippen molar-refractivity contribution in [1.29, 1.82) is 0 Å². The van der Waals surface area contributed by atoms with Crippen LogP contribution in [0.3, 0.4) is 0 Å². The summed E-state index contributed by atoms with van der Waals surface area (Å²) in [5.74, 6) is 0.102. The van der Waals surface area contributed by atoms with Gasteiger partial charge in [-0.1, -0.05) is 67.6 Å². The van der Waals surface area contributed by atoms with E-state index in [2.05, 4.69) is 25.7 Å². The summed E-state index contributed by atoms with van der Waals surface area (Å²) in [6.07, 6.45) is 2.51. The fourth-order valence-corrected chi connectivity index (χ4v) is 4.18. The first-order chi connectivity index (χ1) is 11.5. The molecule has 0 bridgehead atoms. The molecule has 1 heterocycles. The summed E-state index contributed by atoms with van der Waals surface area (Å²) >= 11 is 0. The number of rotatable bonds is 5. The number of aliphatic hydroxyl groups is 1. The summed E-state index contributed by atoms with van der Waals surface area (Å²) in [5.41, 5.74) is 0.983. The molecule has 2 aromatic carbocycles. The summed E-state index contributed by atoms with van der Waals surface area (Å²) in [5, 5.41) is 11.8. The average molecular weight is 323 g/mol. The highest BCUT2D eigenvalue weighted by Gasteiger charge is 2.40. The second-order valence-corrected chi connectivity index (χ2v) is 7.37. The second kappa shape index (κ2) is 7.08. The standard InChI is InChI=1S/C22H29NO/c1-17(16-23-18(2)14-15-19(23)3)22(24,20-10-6-4-7-11-20)21-12-8-5-9-13-21/h4-13,17-19,24H,14-16H2,1-3H3. The van der Waals surface area contributed by atoms with E-state index in [-0.39, 0.29) is 5.92 Å². The molecule has 1 fully saturated rings. The van der Waals surface area contributed by atoms with Crippen LogP contribution < -0.4 is 0 Å². The molecule has 0 radical (unpaired) electrons. The van der Waals surface area contributed by atoms with Gasteiger partial charge in [0.15, 0.2) is 0 Å². The zero-order chi connectivity index (χ0) is 17.2. The Balaban J connectivity index is 1.96. The highest BCUT2D eigenvalue weighted by Crippen LogP contribution is 2.38. The zero-order valence-corrected chi connectivity index (χ0v) is 15.0. The second-order valence-electron chi connectivity index (χ2n) is 7.37. The largest absolute Gasteiger partial charge is 0.380 e. The minimum atomic E-state index is -0.968. The molecule has 0 aliphatic carbocycles. The molecule has 3 atom stereocenters. The lowest BCUT2D eigenvalue weighted by molar-refractivity contribution is 0.00158. The molecule has 3 rings (SSSR count). The van der Waals surface area contributed by atoms with E-state index >= 15 is 0 Å². The predicted octanol–water partition coefficient (Wildman–Crippen LogP) is 4.43. The molecule has 0 amide bonds. The van der Waals surface area contributed by atoms with Gasteiger partial charge in [0, 0.05) is 24.5 Å². The highest BCUT2D eigenvalue weighted by atomic mass is 16.3. The van der Waals surface area contributed by atoms with Crippen LogP contribution in [0.4, 0.5) is 0 Å². The van der Waals surface area contributed by atoms with Crippen LogP contribution in [-0.2, 0) is 5.60 Å². The van der Waals surface area contributed by atoms with Crippen molar-refractivity contribution in [1.82, 2.24) is 4.90 Å². The van der Waals surface area contributed by atoms with E-state index in [1.807, 2.05) is 60.7 Å². The molecular weight excluding hydrogens is 294 g/mol. The van der Waals surface area contributed by atoms with Gasteiger partial charge in [-0.3, -0.25) is 4.90 Å². The maximum absolute atomic E-state index is 11.8. The van der Waals surface area contributed by atoms with Crippen molar-refractivity contribution in [3.8, 4) is 0 Å². The Morgan fingerprint density at radius 3 is 1.75 bits per heavy atom. The van der Waals surface area contributed by atoms with Gasteiger partial charge in [-0.05, 0) is 37.8 Å². The predicted molar refractivity (Wildman–Crippen MR) is 99.9 cm³/mol. The number of benzene rings is 2. The summed E-state index contributed by atoms with van der Waals surface area (Å²) in [4.78, 5) is 2.56. The third kappa shape index (κ3) is 3.13. The molecule has 0 aromatic heterocycles. The van der Waals surface area contributed by atoms with Gasteiger partial charge in [-0.25, -0.2) is 0 Å². The normalized spacial score (nSPS) is 23.3. The fourth-order valence-electron chi connectivity index (χ4n) is 4.18. The maximum atomic E-state index is 11.8. The number of hydrogen-bond donors (Lipinski definition) is 1. The summed E-state index contributed by atoms with van der Waals surface area (Å²) in [6, 6.07) is 21.4. The zero-order valence-electron chi connectivity index (χ0n) is 15.0. The van der Waals surface area contributed by atoms with Crippen molar-refractivity contribution in [2.24, 2.45) is 5.92 Å². The van der Waals surface area contributed by atoms with Crippen LogP contribution in [0.5, 0.6) is 0 Å². The van der Waals surface area contributed by atoms with E-state index in [9.17, 15) is 5.11 Å². The molecule has 1 aliphatic rings. The minimum absolute atomic E-state index is 0.102. The van der Waals surface area contributed by atoms with E-state index < -0.39 is 5.60 Å². The first kappa shape index (κ1) is 17.2. The smallest absolute Gasteiger partial charge is 0.118 e. The number of nitrogens with zero attached hydrogens (tertiary/aromatic N) is 1. The topological polar surface area (TPSA) is 23.5 Å². The SMILES string of the molecule is CC1CCC(C)N1CC(C)C(O)(c1ccccc1)c1ccccc1. The first-order valence-corrected chi connectivity index (χ1v) is 9.12. The molecule has 1 saturated heterocycles. The number of likely N-dealkylation sites (tertiary alicyclic amines) is 1. The van der Waals surface area contributed by atoms with Gasteiger partial charge in [-0.2, -0.15) is 0 Å². The van der Waals surface area contributed by atoms with Gasteiger partial charge in [0.1, 0.15) is 5.60 Å². The molecule has 2 heteroatoms. The Morgan fingerprint density at radius 1 is 0.917 bits per heavy atom. The summed E-state index contributed by atoms with van der Waals surface area (Å²) in [7, 11) is 0. The van der Waals surface area contributed by atoms with Crippen LogP contribution >= 0.6 is 0 Å². The van der Waals surface area contributed by atoms with Crippen LogP contribution in [0.2, 0.25) is 0 Å². The van der Waals surface area contributed by atoms with E-state index in [4.69, 9.17) is 0 Å². The molecule has 2 nitrogen and oxygen atoms in total. The van der Waals surface area contributed by atoms with Crippen molar-refractivity contribution in [2.75, 3.05) is 6.54 Å². The summed E-state index contributed by atoms with van der Waals surface area (Å²) in [6.45, 7) is 7.70. The molecule has 24 heavy (non-hydrogen) atoms. The molecule has 1 aliphatic heterocycles. The third-order valence-corrected chi connectivity index (χ3v) is 5.76. The lowest BCUT2D eigenvalue weighted by Crippen LogP contribution is -2.44. The van der Waals surface area contributed by atoms with Crippen molar-refractivity contribution < 1.29 is 5.11 Å². The van der Waals surface area contributed by atoms with Crippen LogP contribution in [-0.4, -0.2) is 28.6 Å². The van der Waals surface area contributed by atoms with Crippen LogP contribution in [0.15, 0.2) is 60.7 Å². The van der Waals surface area contributed by atoms with Crippen molar-refractivity contribution in [2.45, 2.75) is 51.3 Å². The van der Waals surface area contributed by atoms with E-state index in [1.165, 1.54) is 12.8 Å². The van der Waals surface area contributed by atoms with Crippen molar-refractivity contribution >= 4 is 0 Å². The quantitative estimate of drug-likeness (QED) is 0.880. The summed E-state index contributed by atoms with van der Waals surface area (Å²) < 4.78 is 0. The van der Waals surface area contributed by atoms with E-state index in [0.29, 0.717) is 12.1 Å². The third-order valence-electron chi connectivity index (χ3n) is 5.76. The molecule has 3 unspecified atom stereocenters. The van der Waals surface area contributed by atoms with Crippen LogP contribution in [0.1, 0.15) is 44.7 Å². The van der Waals surface area contributed by atoms with Gasteiger partial charge in [-0.15, -0.1) is 0 Å². The van der Waals surface area contributed by atoms with Gasteiger partial charge in [0.05, 0.1) is 0 Å². The van der Waals surface area contributed by atoms with Crippen molar-refractivity contribution in [3.63, 3.8) is 0 Å². The molecule has 128 valence electrons. The Labute approximate surface area is 146 Å². The Morgan fingerprint density at radius 2 is 1.33 bits per heavy atom. The van der Waals surface area contributed by atoms with E-state index in [0.717, 1.165) is 17.7 Å². The number of hydrogen-bond acceptors (Lipinski definition) is 2. The molecule has 0 saturated carbocycles. The monoisotopic (exact) mass is 323 g/mol. The Kier molecular flexibility index (Phi) is 5.07. The first-order valence-electron chi connectivity index (χ1n) is 9.12. The maximum Gasteiger partial charge on any atom is 0.118 e. The molecule has 1 N–H and O–H groups in total. The van der Waals surface area contributed by atoms with E-state index in [1.54, 1.807) is 0 Å².